The molecule has 1 N–H and O–H groups in total. The number of ether oxygens (including phenoxy) is 1. The summed E-state index contributed by atoms with van der Waals surface area (Å²) in [6.45, 7) is 2.15. The smallest absolute Gasteiger partial charge is 0.416 e. The van der Waals surface area contributed by atoms with Gasteiger partial charge in [-0.25, -0.2) is 0 Å². The van der Waals surface area contributed by atoms with Gasteiger partial charge in [0.05, 0.1) is 5.56 Å². The lowest BCUT2D eigenvalue weighted by atomic mass is 10.1. The SMILES string of the molecule is CCCCCc1cc(OCc2cccc(C(F)(F)F)c2)ccc1O. The molecule has 0 saturated heterocycles. The van der Waals surface area contributed by atoms with Crippen LogP contribution in [0.3, 0.4) is 0 Å². The van der Waals surface area contributed by atoms with Crippen LogP contribution in [0.15, 0.2) is 42.5 Å². The second kappa shape index (κ2) is 8.08. The van der Waals surface area contributed by atoms with Crippen LogP contribution >= 0.6 is 0 Å². The van der Waals surface area contributed by atoms with E-state index in [1.165, 1.54) is 6.07 Å². The van der Waals surface area contributed by atoms with Gasteiger partial charge in [-0.05, 0) is 54.3 Å². The monoisotopic (exact) mass is 338 g/mol. The Kier molecular flexibility index (Phi) is 6.12. The maximum atomic E-state index is 12.7. The molecule has 0 heterocycles. The van der Waals surface area contributed by atoms with Crippen LogP contribution in [0.4, 0.5) is 13.2 Å². The second-order valence-corrected chi connectivity index (χ2v) is 5.73. The molecule has 2 nitrogen and oxygen atoms in total. The Bertz CT molecular complexity index is 666. The summed E-state index contributed by atoms with van der Waals surface area (Å²) in [5.41, 5.74) is 0.560. The molecule has 0 radical (unpaired) electrons. The number of alkyl halides is 3. The largest absolute Gasteiger partial charge is 0.508 e. The fourth-order valence-corrected chi connectivity index (χ4v) is 2.42. The summed E-state index contributed by atoms with van der Waals surface area (Å²) in [4.78, 5) is 0. The van der Waals surface area contributed by atoms with Crippen molar-refractivity contribution >= 4 is 0 Å². The molecule has 0 atom stereocenters. The Morgan fingerprint density at radius 2 is 1.83 bits per heavy atom. The van der Waals surface area contributed by atoms with Crippen LogP contribution in [-0.4, -0.2) is 5.11 Å². The number of aryl methyl sites for hydroxylation is 1. The van der Waals surface area contributed by atoms with Crippen LogP contribution in [-0.2, 0) is 19.2 Å². The highest BCUT2D eigenvalue weighted by atomic mass is 19.4. The molecule has 5 heteroatoms. The fourth-order valence-electron chi connectivity index (χ4n) is 2.42. The van der Waals surface area contributed by atoms with Crippen molar-refractivity contribution in [3.63, 3.8) is 0 Å². The summed E-state index contributed by atoms with van der Waals surface area (Å²) in [5, 5.41) is 9.86. The van der Waals surface area contributed by atoms with Crippen LogP contribution in [0.25, 0.3) is 0 Å². The van der Waals surface area contributed by atoms with Crippen molar-refractivity contribution in [1.82, 2.24) is 0 Å². The van der Waals surface area contributed by atoms with Crippen LogP contribution in [0.2, 0.25) is 0 Å². The summed E-state index contributed by atoms with van der Waals surface area (Å²) < 4.78 is 43.7. The summed E-state index contributed by atoms with van der Waals surface area (Å²) in [7, 11) is 0. The molecule has 0 spiro atoms. The van der Waals surface area contributed by atoms with Gasteiger partial charge < -0.3 is 9.84 Å². The van der Waals surface area contributed by atoms with E-state index in [0.29, 0.717) is 11.3 Å². The molecule has 0 aromatic heterocycles. The van der Waals surface area contributed by atoms with E-state index in [-0.39, 0.29) is 12.4 Å². The number of halogens is 3. The van der Waals surface area contributed by atoms with Gasteiger partial charge in [0.1, 0.15) is 18.1 Å². The number of hydrogen-bond acceptors (Lipinski definition) is 2. The standard InChI is InChI=1S/C19H21F3O2/c1-2-3-4-7-15-12-17(9-10-18(15)23)24-13-14-6-5-8-16(11-14)19(20,21)22/h5-6,8-12,23H,2-4,7,13H2,1H3. The van der Waals surface area contributed by atoms with Gasteiger partial charge in [-0.1, -0.05) is 31.9 Å². The van der Waals surface area contributed by atoms with Gasteiger partial charge >= 0.3 is 6.18 Å². The van der Waals surface area contributed by atoms with Gasteiger partial charge in [0.25, 0.3) is 0 Å². The zero-order chi connectivity index (χ0) is 17.6. The molecule has 0 fully saturated rings. The summed E-state index contributed by atoms with van der Waals surface area (Å²) in [6.07, 6.45) is -0.468. The van der Waals surface area contributed by atoms with Crippen molar-refractivity contribution in [2.45, 2.75) is 45.4 Å². The summed E-state index contributed by atoms with van der Waals surface area (Å²) >= 11 is 0. The van der Waals surface area contributed by atoms with Crippen molar-refractivity contribution in [3.05, 3.63) is 59.2 Å². The lowest BCUT2D eigenvalue weighted by molar-refractivity contribution is -0.137. The van der Waals surface area contributed by atoms with Crippen molar-refractivity contribution in [1.29, 1.82) is 0 Å². The first-order chi connectivity index (χ1) is 11.4. The third-order valence-corrected chi connectivity index (χ3v) is 3.76. The van der Waals surface area contributed by atoms with Crippen LogP contribution in [0, 0.1) is 0 Å². The van der Waals surface area contributed by atoms with E-state index in [1.807, 2.05) is 0 Å². The van der Waals surface area contributed by atoms with Gasteiger partial charge in [-0.3, -0.25) is 0 Å². The van der Waals surface area contributed by atoms with Crippen LogP contribution in [0.5, 0.6) is 11.5 Å². The molecule has 2 aromatic carbocycles. The lowest BCUT2D eigenvalue weighted by Crippen LogP contribution is -2.06. The predicted molar refractivity (Wildman–Crippen MR) is 87.1 cm³/mol. The number of hydrogen-bond donors (Lipinski definition) is 1. The molecular weight excluding hydrogens is 317 g/mol. The molecule has 2 rings (SSSR count). The van der Waals surface area contributed by atoms with E-state index in [1.54, 1.807) is 24.3 Å². The Morgan fingerprint density at radius 3 is 2.54 bits per heavy atom. The maximum absolute atomic E-state index is 12.7. The van der Waals surface area contributed by atoms with Crippen molar-refractivity contribution in [2.24, 2.45) is 0 Å². The molecule has 2 aromatic rings. The number of benzene rings is 2. The van der Waals surface area contributed by atoms with E-state index in [4.69, 9.17) is 4.74 Å². The average molecular weight is 338 g/mol. The van der Waals surface area contributed by atoms with Gasteiger partial charge in [0, 0.05) is 0 Å². The third-order valence-electron chi connectivity index (χ3n) is 3.76. The summed E-state index contributed by atoms with van der Waals surface area (Å²) in [5.74, 6) is 0.759. The van der Waals surface area contributed by atoms with Gasteiger partial charge in [0.2, 0.25) is 0 Å². The van der Waals surface area contributed by atoms with Gasteiger partial charge in [-0.15, -0.1) is 0 Å². The van der Waals surface area contributed by atoms with Crippen molar-refractivity contribution in [3.8, 4) is 11.5 Å². The maximum Gasteiger partial charge on any atom is 0.416 e. The molecular formula is C19H21F3O2. The highest BCUT2D eigenvalue weighted by Gasteiger charge is 2.30. The topological polar surface area (TPSA) is 29.5 Å². The Morgan fingerprint density at radius 1 is 1.04 bits per heavy atom. The molecule has 0 aliphatic rings. The first-order valence-electron chi connectivity index (χ1n) is 8.01. The fraction of sp³-hybridized carbons (Fsp3) is 0.368. The summed E-state index contributed by atoms with van der Waals surface area (Å²) in [6, 6.07) is 10.0. The second-order valence-electron chi connectivity index (χ2n) is 5.73. The quantitative estimate of drug-likeness (QED) is 0.654. The zero-order valence-electron chi connectivity index (χ0n) is 13.6. The predicted octanol–water partition coefficient (Wildman–Crippen LogP) is 5.72. The number of phenolic OH excluding ortho intramolecular Hbond substituents is 1. The molecule has 130 valence electrons. The normalized spacial score (nSPS) is 11.5. The van der Waals surface area contributed by atoms with Crippen LogP contribution in [0.1, 0.15) is 42.9 Å². The van der Waals surface area contributed by atoms with Crippen molar-refractivity contribution < 1.29 is 23.0 Å². The lowest BCUT2D eigenvalue weighted by Gasteiger charge is -2.11. The minimum atomic E-state index is -4.36. The Hall–Kier alpha value is -2.17. The molecule has 0 unspecified atom stereocenters. The molecule has 0 aliphatic carbocycles. The first kappa shape index (κ1) is 18.2. The third kappa shape index (κ3) is 5.18. The van der Waals surface area contributed by atoms with Gasteiger partial charge in [0.15, 0.2) is 0 Å². The number of phenols is 1. The van der Waals surface area contributed by atoms with Gasteiger partial charge in [-0.2, -0.15) is 13.2 Å². The molecule has 24 heavy (non-hydrogen) atoms. The minimum Gasteiger partial charge on any atom is -0.508 e. The minimum absolute atomic E-state index is 0.0447. The molecule has 0 aliphatic heterocycles. The Labute approximate surface area is 139 Å². The zero-order valence-corrected chi connectivity index (χ0v) is 13.6. The van der Waals surface area contributed by atoms with E-state index in [2.05, 4.69) is 6.92 Å². The first-order valence-corrected chi connectivity index (χ1v) is 8.01. The molecule has 0 saturated carbocycles. The number of rotatable bonds is 7. The van der Waals surface area contributed by atoms with E-state index < -0.39 is 11.7 Å². The van der Waals surface area contributed by atoms with Crippen LogP contribution < -0.4 is 4.74 Å². The number of aromatic hydroxyl groups is 1. The highest BCUT2D eigenvalue weighted by molar-refractivity contribution is 5.39. The highest BCUT2D eigenvalue weighted by Crippen LogP contribution is 2.30. The molecule has 0 bridgehead atoms. The Balaban J connectivity index is 2.03. The van der Waals surface area contributed by atoms with E-state index in [0.717, 1.165) is 43.4 Å². The van der Waals surface area contributed by atoms with E-state index >= 15 is 0 Å². The average Bonchev–Trinajstić information content (AvgIpc) is 2.55. The number of unbranched alkanes of at least 4 members (excludes halogenated alkanes) is 2. The van der Waals surface area contributed by atoms with E-state index in [9.17, 15) is 18.3 Å². The van der Waals surface area contributed by atoms with Crippen molar-refractivity contribution in [2.75, 3.05) is 0 Å². The molecule has 0 amide bonds.